The Morgan fingerprint density at radius 2 is 1.80 bits per heavy atom. The van der Waals surface area contributed by atoms with Crippen LogP contribution in [0.1, 0.15) is 19.8 Å². The van der Waals surface area contributed by atoms with Crippen molar-refractivity contribution in [2.75, 3.05) is 6.54 Å². The third-order valence-electron chi connectivity index (χ3n) is 3.38. The number of nitrogens with zero attached hydrogens (tertiary/aromatic N) is 2. The predicted octanol–water partition coefficient (Wildman–Crippen LogP) is 0.955. The van der Waals surface area contributed by atoms with E-state index in [0.29, 0.717) is 17.6 Å². The zero-order valence-corrected chi connectivity index (χ0v) is 12.7. The number of nitrogens with one attached hydrogen (secondary N) is 1. The first-order valence-electron chi connectivity index (χ1n) is 6.53. The summed E-state index contributed by atoms with van der Waals surface area (Å²) in [6.07, 6.45) is 1.72. The smallest absolute Gasteiger partial charge is 0.295 e. The van der Waals surface area contributed by atoms with Crippen molar-refractivity contribution in [1.29, 1.82) is 0 Å². The number of hydrogen-bond donors (Lipinski definition) is 1. The highest BCUT2D eigenvalue weighted by Gasteiger charge is 2.16. The summed E-state index contributed by atoms with van der Waals surface area (Å²) >= 11 is 0. The molecule has 0 saturated heterocycles. The van der Waals surface area contributed by atoms with Crippen LogP contribution in [0.4, 0.5) is 0 Å². The number of rotatable bonds is 5. The third kappa shape index (κ3) is 2.51. The molecule has 0 amide bonds. The van der Waals surface area contributed by atoms with E-state index in [2.05, 4.69) is 4.72 Å². The van der Waals surface area contributed by atoms with Gasteiger partial charge in [0, 0.05) is 20.6 Å². The molecular weight excluding hydrogens is 278 g/mol. The van der Waals surface area contributed by atoms with Crippen LogP contribution in [0, 0.1) is 0 Å². The van der Waals surface area contributed by atoms with E-state index >= 15 is 0 Å². The van der Waals surface area contributed by atoms with Gasteiger partial charge in [-0.3, -0.25) is 9.13 Å². The molecule has 110 valence electrons. The maximum atomic E-state index is 12.1. The lowest BCUT2D eigenvalue weighted by Crippen LogP contribution is -2.24. The number of sulfonamides is 1. The topological polar surface area (TPSA) is 73.1 Å². The average molecular weight is 297 g/mol. The average Bonchev–Trinajstić information content (AvgIpc) is 2.64. The molecule has 1 aromatic carbocycles. The van der Waals surface area contributed by atoms with Crippen LogP contribution in [0.3, 0.4) is 0 Å². The second-order valence-corrected chi connectivity index (χ2v) is 6.57. The van der Waals surface area contributed by atoms with E-state index in [-0.39, 0.29) is 10.6 Å². The minimum Gasteiger partial charge on any atom is -0.295 e. The van der Waals surface area contributed by atoms with E-state index in [0.717, 1.165) is 12.8 Å². The Hall–Kier alpha value is -1.60. The van der Waals surface area contributed by atoms with Crippen LogP contribution >= 0.6 is 0 Å². The SMILES string of the molecule is CCCCNS(=O)(=O)c1ccc2c(c1)n(C)c(=O)n2C. The van der Waals surface area contributed by atoms with Gasteiger partial charge in [-0.2, -0.15) is 0 Å². The fraction of sp³-hybridized carbons (Fsp3) is 0.462. The molecule has 0 fully saturated rings. The van der Waals surface area contributed by atoms with Gasteiger partial charge >= 0.3 is 5.69 Å². The summed E-state index contributed by atoms with van der Waals surface area (Å²) in [6.45, 7) is 2.42. The quantitative estimate of drug-likeness (QED) is 0.835. The van der Waals surface area contributed by atoms with E-state index in [4.69, 9.17) is 0 Å². The Kier molecular flexibility index (Phi) is 4.01. The molecule has 0 aliphatic rings. The van der Waals surface area contributed by atoms with Gasteiger partial charge in [-0.05, 0) is 24.6 Å². The maximum absolute atomic E-state index is 12.1. The number of imidazole rings is 1. The van der Waals surface area contributed by atoms with Crippen LogP contribution in [-0.4, -0.2) is 24.1 Å². The molecule has 0 spiro atoms. The minimum atomic E-state index is -3.52. The van der Waals surface area contributed by atoms with Crippen LogP contribution in [0.25, 0.3) is 11.0 Å². The molecule has 1 aromatic heterocycles. The van der Waals surface area contributed by atoms with Crippen LogP contribution < -0.4 is 10.4 Å². The van der Waals surface area contributed by atoms with Gasteiger partial charge in [0.05, 0.1) is 15.9 Å². The second kappa shape index (κ2) is 5.41. The Morgan fingerprint density at radius 1 is 1.15 bits per heavy atom. The number of aryl methyl sites for hydroxylation is 2. The first-order valence-corrected chi connectivity index (χ1v) is 8.02. The van der Waals surface area contributed by atoms with E-state index in [1.165, 1.54) is 21.3 Å². The van der Waals surface area contributed by atoms with Crippen molar-refractivity contribution in [3.8, 4) is 0 Å². The minimum absolute atomic E-state index is 0.173. The summed E-state index contributed by atoms with van der Waals surface area (Å²) < 4.78 is 29.8. The molecule has 6 nitrogen and oxygen atoms in total. The molecule has 1 heterocycles. The molecule has 0 unspecified atom stereocenters. The Balaban J connectivity index is 2.47. The summed E-state index contributed by atoms with van der Waals surface area (Å²) in [5, 5.41) is 0. The zero-order chi connectivity index (χ0) is 14.9. The highest BCUT2D eigenvalue weighted by molar-refractivity contribution is 7.89. The summed E-state index contributed by atoms with van der Waals surface area (Å²) in [6, 6.07) is 4.71. The van der Waals surface area contributed by atoms with Gasteiger partial charge in [-0.15, -0.1) is 0 Å². The van der Waals surface area contributed by atoms with Gasteiger partial charge < -0.3 is 0 Å². The first kappa shape index (κ1) is 14.8. The maximum Gasteiger partial charge on any atom is 0.328 e. The lowest BCUT2D eigenvalue weighted by atomic mass is 10.3. The molecule has 7 heteroatoms. The summed E-state index contributed by atoms with van der Waals surface area (Å²) in [4.78, 5) is 12.0. The van der Waals surface area contributed by atoms with E-state index in [1.54, 1.807) is 20.2 Å². The van der Waals surface area contributed by atoms with Crippen LogP contribution in [0.15, 0.2) is 27.9 Å². The molecule has 0 saturated carbocycles. The van der Waals surface area contributed by atoms with Crippen molar-refractivity contribution in [2.24, 2.45) is 14.1 Å². The van der Waals surface area contributed by atoms with Crippen molar-refractivity contribution in [3.63, 3.8) is 0 Å². The zero-order valence-electron chi connectivity index (χ0n) is 11.9. The largest absolute Gasteiger partial charge is 0.328 e. The molecule has 2 rings (SSSR count). The predicted molar refractivity (Wildman–Crippen MR) is 78.3 cm³/mol. The number of hydrogen-bond acceptors (Lipinski definition) is 3. The van der Waals surface area contributed by atoms with Crippen LogP contribution in [0.5, 0.6) is 0 Å². The number of benzene rings is 1. The molecular formula is C13H19N3O3S. The van der Waals surface area contributed by atoms with Crippen molar-refractivity contribution >= 4 is 21.1 Å². The van der Waals surface area contributed by atoms with Crippen LogP contribution in [-0.2, 0) is 24.1 Å². The van der Waals surface area contributed by atoms with Crippen molar-refractivity contribution in [3.05, 3.63) is 28.7 Å². The third-order valence-corrected chi connectivity index (χ3v) is 4.83. The fourth-order valence-electron chi connectivity index (χ4n) is 2.12. The Morgan fingerprint density at radius 3 is 2.45 bits per heavy atom. The van der Waals surface area contributed by atoms with E-state index in [9.17, 15) is 13.2 Å². The van der Waals surface area contributed by atoms with E-state index < -0.39 is 10.0 Å². The molecule has 0 aliphatic heterocycles. The number of aromatic nitrogens is 2. The van der Waals surface area contributed by atoms with Crippen molar-refractivity contribution < 1.29 is 8.42 Å². The van der Waals surface area contributed by atoms with Gasteiger partial charge in [0.15, 0.2) is 0 Å². The molecule has 0 atom stereocenters. The monoisotopic (exact) mass is 297 g/mol. The standard InChI is InChI=1S/C13H19N3O3S/c1-4-5-8-14-20(18,19)10-6-7-11-12(9-10)16(3)13(17)15(11)2/h6-7,9,14H,4-5,8H2,1-3H3. The molecule has 20 heavy (non-hydrogen) atoms. The summed E-state index contributed by atoms with van der Waals surface area (Å²) in [7, 11) is -0.223. The first-order chi connectivity index (χ1) is 9.38. The number of fused-ring (bicyclic) bond motifs is 1. The van der Waals surface area contributed by atoms with Gasteiger partial charge in [0.25, 0.3) is 0 Å². The van der Waals surface area contributed by atoms with Gasteiger partial charge in [-0.25, -0.2) is 17.9 Å². The van der Waals surface area contributed by atoms with Gasteiger partial charge in [-0.1, -0.05) is 13.3 Å². The van der Waals surface area contributed by atoms with Gasteiger partial charge in [0.1, 0.15) is 0 Å². The van der Waals surface area contributed by atoms with Crippen molar-refractivity contribution in [2.45, 2.75) is 24.7 Å². The second-order valence-electron chi connectivity index (χ2n) is 4.80. The molecule has 1 N–H and O–H groups in total. The molecule has 2 aromatic rings. The molecule has 0 aliphatic carbocycles. The fourth-order valence-corrected chi connectivity index (χ4v) is 3.21. The summed E-state index contributed by atoms with van der Waals surface area (Å²) in [5.74, 6) is 0. The lowest BCUT2D eigenvalue weighted by molar-refractivity contribution is 0.578. The van der Waals surface area contributed by atoms with Gasteiger partial charge in [0.2, 0.25) is 10.0 Å². The molecule has 0 bridgehead atoms. The summed E-state index contributed by atoms with van der Waals surface area (Å²) in [5.41, 5.74) is 1.15. The number of unbranched alkanes of at least 4 members (excludes halogenated alkanes) is 1. The van der Waals surface area contributed by atoms with E-state index in [1.807, 2.05) is 6.92 Å². The Labute approximate surface area is 118 Å². The van der Waals surface area contributed by atoms with Crippen molar-refractivity contribution in [1.82, 2.24) is 13.9 Å². The highest BCUT2D eigenvalue weighted by Crippen LogP contribution is 2.17. The lowest BCUT2D eigenvalue weighted by Gasteiger charge is -2.06. The molecule has 0 radical (unpaired) electrons. The normalized spacial score (nSPS) is 12.2. The highest BCUT2D eigenvalue weighted by atomic mass is 32.2. The Bertz CT molecular complexity index is 787. The van der Waals surface area contributed by atoms with Crippen LogP contribution in [0.2, 0.25) is 0 Å².